The minimum Gasteiger partial charge on any atom is -0.166 e. The van der Waals surface area contributed by atoms with Crippen molar-refractivity contribution in [2.75, 3.05) is 0 Å². The fourth-order valence-electron chi connectivity index (χ4n) is 10.2. The summed E-state index contributed by atoms with van der Waals surface area (Å²) in [6.45, 7) is 3.34. The van der Waals surface area contributed by atoms with Crippen molar-refractivity contribution in [3.05, 3.63) is 88.5 Å². The first-order valence-electron chi connectivity index (χ1n) is 21.2. The van der Waals surface area contributed by atoms with Gasteiger partial charge >= 0.3 is 18.5 Å². The highest BCUT2D eigenvalue weighted by atomic mass is 31.1. The minimum atomic E-state index is -5.08. The molecule has 3 aromatic carbocycles. The van der Waals surface area contributed by atoms with Crippen LogP contribution in [-0.4, -0.2) is 17.0 Å². The first-order valence-corrected chi connectivity index (χ1v) is 24.1. The fourth-order valence-corrected chi connectivity index (χ4v) is 17.4. The predicted molar refractivity (Wildman–Crippen MR) is 218 cm³/mol. The van der Waals surface area contributed by atoms with Crippen molar-refractivity contribution >= 4 is 31.8 Å². The van der Waals surface area contributed by atoms with Gasteiger partial charge in [0.15, 0.2) is 0 Å². The average Bonchev–Trinajstić information content (AvgIpc) is 3.92. The Hall–Kier alpha value is -2.11. The molecule has 0 radical (unpaired) electrons. The Morgan fingerprint density at radius 1 is 0.509 bits per heavy atom. The molecule has 0 aromatic heterocycles. The first kappa shape index (κ1) is 44.4. The third-order valence-electron chi connectivity index (χ3n) is 12.9. The Labute approximate surface area is 335 Å². The molecule has 0 bridgehead atoms. The molecule has 314 valence electrons. The smallest absolute Gasteiger partial charge is 0.166 e. The minimum absolute atomic E-state index is 0.00756. The summed E-state index contributed by atoms with van der Waals surface area (Å²) in [6, 6.07) is 13.7. The van der Waals surface area contributed by atoms with Gasteiger partial charge in [0, 0.05) is 0 Å². The summed E-state index contributed by atoms with van der Waals surface area (Å²) in [4.78, 5) is 0. The maximum absolute atomic E-state index is 14.2. The van der Waals surface area contributed by atoms with E-state index >= 15 is 0 Å². The molecule has 57 heavy (non-hydrogen) atoms. The quantitative estimate of drug-likeness (QED) is 0.157. The summed E-state index contributed by atoms with van der Waals surface area (Å²) in [6.07, 6.45) is 7.18. The predicted octanol–water partition coefficient (Wildman–Crippen LogP) is 15.2. The number of rotatable bonds is 8. The van der Waals surface area contributed by atoms with E-state index in [0.29, 0.717) is 17.7 Å². The highest BCUT2D eigenvalue weighted by Crippen LogP contribution is 2.59. The molecule has 0 spiro atoms. The van der Waals surface area contributed by atoms with Crippen LogP contribution in [0.15, 0.2) is 60.7 Å². The molecule has 4 aliphatic carbocycles. The molecule has 4 aliphatic rings. The zero-order valence-corrected chi connectivity index (χ0v) is 35.0. The van der Waals surface area contributed by atoms with Crippen molar-refractivity contribution in [2.45, 2.75) is 171 Å². The second kappa shape index (κ2) is 19.1. The van der Waals surface area contributed by atoms with E-state index in [9.17, 15) is 39.5 Å². The van der Waals surface area contributed by atoms with Gasteiger partial charge in [0.2, 0.25) is 0 Å². The van der Waals surface area contributed by atoms with Crippen molar-refractivity contribution in [1.29, 1.82) is 0 Å². The van der Waals surface area contributed by atoms with Crippen molar-refractivity contribution in [1.82, 2.24) is 0 Å². The Kier molecular flexibility index (Phi) is 14.9. The van der Waals surface area contributed by atoms with E-state index in [0.717, 1.165) is 37.1 Å². The van der Waals surface area contributed by atoms with Crippen LogP contribution in [0, 0.1) is 12.8 Å². The van der Waals surface area contributed by atoms with Gasteiger partial charge in [0.1, 0.15) is 0 Å². The van der Waals surface area contributed by atoms with Gasteiger partial charge in [-0.05, 0) is 140 Å². The molecule has 7 rings (SSSR count). The molecule has 4 fully saturated rings. The monoisotopic (exact) mass is 842 g/mol. The van der Waals surface area contributed by atoms with Crippen molar-refractivity contribution in [3.8, 4) is 0 Å². The van der Waals surface area contributed by atoms with Crippen LogP contribution in [0.4, 0.5) is 39.5 Å². The average molecular weight is 843 g/mol. The topological polar surface area (TPSA) is 0 Å². The van der Waals surface area contributed by atoms with Gasteiger partial charge in [0.25, 0.3) is 0 Å². The lowest BCUT2D eigenvalue weighted by molar-refractivity contribution is -0.143. The summed E-state index contributed by atoms with van der Waals surface area (Å²) >= 11 is 0. The van der Waals surface area contributed by atoms with Crippen LogP contribution in [0.5, 0.6) is 0 Å². The molecule has 0 N–H and O–H groups in total. The van der Waals surface area contributed by atoms with E-state index in [1.165, 1.54) is 120 Å². The van der Waals surface area contributed by atoms with Crippen molar-refractivity contribution < 1.29 is 39.5 Å². The van der Waals surface area contributed by atoms with Gasteiger partial charge in [0.05, 0.1) is 16.7 Å². The highest BCUT2D eigenvalue weighted by molar-refractivity contribution is 7.73. The third kappa shape index (κ3) is 11.2. The van der Waals surface area contributed by atoms with Crippen LogP contribution >= 0.6 is 15.8 Å². The van der Waals surface area contributed by atoms with E-state index in [1.54, 1.807) is 0 Å². The van der Waals surface area contributed by atoms with Gasteiger partial charge in [-0.3, -0.25) is 0 Å². The van der Waals surface area contributed by atoms with Gasteiger partial charge in [-0.1, -0.05) is 122 Å². The number of hydrogen-bond donors (Lipinski definition) is 0. The second-order valence-electron chi connectivity index (χ2n) is 16.9. The molecular weight excluding hydrogens is 785 g/mol. The van der Waals surface area contributed by atoms with Gasteiger partial charge in [-0.15, -0.1) is 0 Å². The largest absolute Gasteiger partial charge is 0.416 e. The summed E-state index contributed by atoms with van der Waals surface area (Å²) in [5.74, 6) is -0.131. The number of alkyl halides is 9. The molecule has 4 atom stereocenters. The number of halogens is 9. The molecule has 0 heterocycles. The zero-order valence-electron chi connectivity index (χ0n) is 33.2. The number of hydrogen-bond acceptors (Lipinski definition) is 0. The Morgan fingerprint density at radius 3 is 1.44 bits per heavy atom. The summed E-state index contributed by atoms with van der Waals surface area (Å²) in [5.41, 5.74) is -1.59. The lowest BCUT2D eigenvalue weighted by Gasteiger charge is -2.41. The van der Waals surface area contributed by atoms with Crippen LogP contribution in [0.25, 0.3) is 0 Å². The molecule has 0 amide bonds. The molecule has 0 nitrogen and oxygen atoms in total. The van der Waals surface area contributed by atoms with E-state index in [1.807, 2.05) is 13.0 Å². The number of benzene rings is 3. The second-order valence-corrected chi connectivity index (χ2v) is 22.3. The van der Waals surface area contributed by atoms with E-state index < -0.39 is 56.7 Å². The lowest BCUT2D eigenvalue weighted by atomic mass is 9.87. The summed E-state index contributed by atoms with van der Waals surface area (Å²) in [5, 5.41) is 1.35. The van der Waals surface area contributed by atoms with Crippen LogP contribution < -0.4 is 15.9 Å². The molecule has 3 unspecified atom stereocenters. The maximum Gasteiger partial charge on any atom is 0.416 e. The standard InChI is InChI=1S/C41H47F9P2.C5H10/c1-26-20-28(39(42,43)44)23-33(21-26)51(34-24-29(40(45,46)47)22-30(25-34)41(48,49)50)27(2)35-17-11-18-36(35)37-16-9-10-19-38(37)52(31-12-5-3-6-13-31)32-14-7-4-8-15-32;1-2-4-5-3-1/h9-10,16,19-25,27,31-32,35-36H,3-8,11-15,17-18H2,1-2H3;1-5H2/t27-,35?,36?,51?;/m1./s1. The Bertz CT molecular complexity index is 1690. The molecule has 4 saturated carbocycles. The Balaban J connectivity index is 0.00000102. The fraction of sp³-hybridized carbons (Fsp3) is 0.609. The summed E-state index contributed by atoms with van der Waals surface area (Å²) < 4.78 is 128. The molecule has 11 heteroatoms. The van der Waals surface area contributed by atoms with Gasteiger partial charge in [-0.25, -0.2) is 0 Å². The van der Waals surface area contributed by atoms with E-state index in [-0.39, 0.29) is 34.1 Å². The van der Waals surface area contributed by atoms with Gasteiger partial charge < -0.3 is 0 Å². The van der Waals surface area contributed by atoms with E-state index in [2.05, 4.69) is 18.2 Å². The van der Waals surface area contributed by atoms with E-state index in [4.69, 9.17) is 0 Å². The van der Waals surface area contributed by atoms with Crippen molar-refractivity contribution in [3.63, 3.8) is 0 Å². The normalized spacial score (nSPS) is 22.7. The summed E-state index contributed by atoms with van der Waals surface area (Å²) in [7, 11) is -2.59. The van der Waals surface area contributed by atoms with Crippen LogP contribution in [0.2, 0.25) is 0 Å². The van der Waals surface area contributed by atoms with Crippen LogP contribution in [-0.2, 0) is 18.5 Å². The number of aryl methyl sites for hydroxylation is 1. The third-order valence-corrected chi connectivity index (χ3v) is 19.3. The molecular formula is C46H57F9P2. The van der Waals surface area contributed by atoms with Crippen molar-refractivity contribution in [2.24, 2.45) is 5.92 Å². The van der Waals surface area contributed by atoms with Crippen LogP contribution in [0.1, 0.15) is 156 Å². The molecule has 0 saturated heterocycles. The lowest BCUT2D eigenvalue weighted by Crippen LogP contribution is -2.32. The molecule has 3 aromatic rings. The van der Waals surface area contributed by atoms with Gasteiger partial charge in [-0.2, -0.15) is 39.5 Å². The maximum atomic E-state index is 14.2. The highest BCUT2D eigenvalue weighted by Gasteiger charge is 2.43. The molecule has 0 aliphatic heterocycles. The first-order chi connectivity index (χ1) is 27.0. The SMILES string of the molecule is C1CCCC1.Cc1cc(P(c2cc(C(F)(F)F)cc(C(F)(F)F)c2)[C@H](C)C2CCCC2c2ccccc2P(C2CCCCC2)C2CCCCC2)cc(C(F)(F)F)c1. The Morgan fingerprint density at radius 2 is 0.947 bits per heavy atom. The van der Waals surface area contributed by atoms with Crippen LogP contribution in [0.3, 0.4) is 0 Å². The zero-order chi connectivity index (χ0) is 41.0.